The van der Waals surface area contributed by atoms with E-state index in [4.69, 9.17) is 4.42 Å². The van der Waals surface area contributed by atoms with Crippen molar-refractivity contribution in [2.75, 3.05) is 6.54 Å². The highest BCUT2D eigenvalue weighted by Gasteiger charge is 2.39. The van der Waals surface area contributed by atoms with Gasteiger partial charge < -0.3 is 9.73 Å². The van der Waals surface area contributed by atoms with Gasteiger partial charge in [0, 0.05) is 19.0 Å². The molecule has 2 aromatic rings. The van der Waals surface area contributed by atoms with Gasteiger partial charge in [-0.05, 0) is 37.5 Å². The first kappa shape index (κ1) is 12.8. The number of benzene rings is 1. The smallest absolute Gasteiger partial charge is 0.247 e. The Morgan fingerprint density at radius 1 is 1.30 bits per heavy atom. The monoisotopic (exact) mass is 271 g/mol. The van der Waals surface area contributed by atoms with Crippen LogP contribution in [-0.4, -0.2) is 22.6 Å². The van der Waals surface area contributed by atoms with Gasteiger partial charge in [0.1, 0.15) is 0 Å². The van der Waals surface area contributed by atoms with Crippen LogP contribution in [-0.2, 0) is 10.2 Å². The van der Waals surface area contributed by atoms with Crippen LogP contribution < -0.4 is 5.32 Å². The summed E-state index contributed by atoms with van der Waals surface area (Å²) in [4.78, 5) is 12.1. The van der Waals surface area contributed by atoms with Crippen LogP contribution in [0.4, 0.5) is 0 Å². The number of aromatic nitrogens is 2. The molecule has 5 heteroatoms. The molecule has 1 aliphatic heterocycles. The molecular weight excluding hydrogens is 254 g/mol. The second-order valence-electron chi connectivity index (χ2n) is 5.49. The van der Waals surface area contributed by atoms with E-state index in [1.165, 1.54) is 0 Å². The molecule has 5 nitrogen and oxygen atoms in total. The molecule has 1 saturated heterocycles. The summed E-state index contributed by atoms with van der Waals surface area (Å²) in [7, 11) is 0. The molecule has 20 heavy (non-hydrogen) atoms. The number of nitrogens with zero attached hydrogens (tertiary/aromatic N) is 2. The van der Waals surface area contributed by atoms with Crippen LogP contribution in [0, 0.1) is 13.8 Å². The van der Waals surface area contributed by atoms with Gasteiger partial charge in [-0.25, -0.2) is 0 Å². The summed E-state index contributed by atoms with van der Waals surface area (Å²) in [6, 6.07) is 6.00. The summed E-state index contributed by atoms with van der Waals surface area (Å²) in [6.45, 7) is 6.46. The minimum Gasteiger partial charge on any atom is -0.421 e. The third kappa shape index (κ3) is 1.90. The predicted octanol–water partition coefficient (Wildman–Crippen LogP) is 2.13. The molecule has 1 aliphatic rings. The molecule has 104 valence electrons. The maximum Gasteiger partial charge on any atom is 0.247 e. The Labute approximate surface area is 117 Å². The second kappa shape index (κ2) is 4.44. The molecule has 2 heterocycles. The summed E-state index contributed by atoms with van der Waals surface area (Å²) >= 11 is 0. The highest BCUT2D eigenvalue weighted by atomic mass is 16.4. The summed E-state index contributed by atoms with van der Waals surface area (Å²) in [5.74, 6) is 1.12. The first-order valence-corrected chi connectivity index (χ1v) is 6.70. The zero-order chi connectivity index (χ0) is 14.3. The van der Waals surface area contributed by atoms with Gasteiger partial charge in [-0.2, -0.15) is 0 Å². The molecule has 3 rings (SSSR count). The van der Waals surface area contributed by atoms with Gasteiger partial charge in [0.2, 0.25) is 17.7 Å². The van der Waals surface area contributed by atoms with Crippen LogP contribution in [0.5, 0.6) is 0 Å². The summed E-state index contributed by atoms with van der Waals surface area (Å²) in [6.07, 6.45) is 0.803. The Balaban J connectivity index is 2.09. The van der Waals surface area contributed by atoms with Gasteiger partial charge in [-0.15, -0.1) is 10.2 Å². The normalized spacial score (nSPS) is 22.1. The molecule has 0 bridgehead atoms. The van der Waals surface area contributed by atoms with Crippen molar-refractivity contribution >= 4 is 5.91 Å². The quantitative estimate of drug-likeness (QED) is 0.908. The van der Waals surface area contributed by atoms with Crippen molar-refractivity contribution in [3.8, 4) is 11.5 Å². The molecule has 1 N–H and O–H groups in total. The van der Waals surface area contributed by atoms with Gasteiger partial charge >= 0.3 is 0 Å². The first-order valence-electron chi connectivity index (χ1n) is 6.70. The molecule has 1 unspecified atom stereocenters. The lowest BCUT2D eigenvalue weighted by Gasteiger charge is -2.22. The van der Waals surface area contributed by atoms with Gasteiger partial charge in [0.25, 0.3) is 0 Å². The lowest BCUT2D eigenvalue weighted by molar-refractivity contribution is -0.123. The van der Waals surface area contributed by atoms with Crippen molar-refractivity contribution in [2.45, 2.75) is 32.6 Å². The molecule has 1 fully saturated rings. The number of hydrogen-bond acceptors (Lipinski definition) is 4. The largest absolute Gasteiger partial charge is 0.421 e. The van der Waals surface area contributed by atoms with Gasteiger partial charge in [0.15, 0.2) is 0 Å². The van der Waals surface area contributed by atoms with Crippen molar-refractivity contribution in [1.29, 1.82) is 0 Å². The molecule has 0 saturated carbocycles. The van der Waals surface area contributed by atoms with E-state index in [0.29, 0.717) is 11.8 Å². The molecule has 0 aliphatic carbocycles. The van der Waals surface area contributed by atoms with Crippen molar-refractivity contribution in [3.05, 3.63) is 35.2 Å². The standard InChI is InChI=1S/C15H17N3O2/c1-9-4-5-11(15(3)6-7-16-14(15)19)8-12(9)13-18-17-10(2)20-13/h4-5,8H,6-7H2,1-3H3,(H,16,19). The molecule has 1 aromatic carbocycles. The van der Waals surface area contributed by atoms with E-state index >= 15 is 0 Å². The van der Waals surface area contributed by atoms with Crippen LogP contribution in [0.1, 0.15) is 30.4 Å². The fourth-order valence-corrected chi connectivity index (χ4v) is 2.61. The number of aryl methyl sites for hydroxylation is 2. The maximum absolute atomic E-state index is 12.1. The van der Waals surface area contributed by atoms with Crippen LogP contribution in [0.2, 0.25) is 0 Å². The summed E-state index contributed by atoms with van der Waals surface area (Å²) in [5, 5.41) is 10.8. The number of rotatable bonds is 2. The average Bonchev–Trinajstić information content (AvgIpc) is 2.98. The molecule has 1 amide bonds. The fourth-order valence-electron chi connectivity index (χ4n) is 2.61. The molecule has 1 aromatic heterocycles. The average molecular weight is 271 g/mol. The highest BCUT2D eigenvalue weighted by Crippen LogP contribution is 2.34. The highest BCUT2D eigenvalue weighted by molar-refractivity contribution is 5.90. The number of hydrogen-bond donors (Lipinski definition) is 1. The van der Waals surface area contributed by atoms with Crippen LogP contribution in [0.15, 0.2) is 22.6 Å². The Morgan fingerprint density at radius 3 is 2.70 bits per heavy atom. The van der Waals surface area contributed by atoms with Crippen LogP contribution in [0.25, 0.3) is 11.5 Å². The molecular formula is C15H17N3O2. The number of amides is 1. The third-order valence-electron chi connectivity index (χ3n) is 4.04. The minimum atomic E-state index is -0.475. The number of nitrogens with one attached hydrogen (secondary N) is 1. The third-order valence-corrected chi connectivity index (χ3v) is 4.04. The second-order valence-corrected chi connectivity index (χ2v) is 5.49. The van der Waals surface area contributed by atoms with Crippen molar-refractivity contribution in [3.63, 3.8) is 0 Å². The zero-order valence-electron chi connectivity index (χ0n) is 11.9. The molecule has 1 atom stereocenters. The number of carbonyl (C=O) groups is 1. The van der Waals surface area contributed by atoms with E-state index in [0.717, 1.165) is 29.7 Å². The Morgan fingerprint density at radius 2 is 2.10 bits per heavy atom. The van der Waals surface area contributed by atoms with E-state index < -0.39 is 5.41 Å². The van der Waals surface area contributed by atoms with Gasteiger partial charge in [0.05, 0.1) is 5.41 Å². The fraction of sp³-hybridized carbons (Fsp3) is 0.400. The van der Waals surface area contributed by atoms with Gasteiger partial charge in [-0.3, -0.25) is 4.79 Å². The minimum absolute atomic E-state index is 0.0778. The van der Waals surface area contributed by atoms with E-state index in [1.54, 1.807) is 6.92 Å². The van der Waals surface area contributed by atoms with E-state index in [-0.39, 0.29) is 5.91 Å². The molecule has 0 radical (unpaired) electrons. The van der Waals surface area contributed by atoms with Crippen molar-refractivity contribution < 1.29 is 9.21 Å². The Bertz CT molecular complexity index is 678. The van der Waals surface area contributed by atoms with E-state index in [1.807, 2.05) is 32.0 Å². The van der Waals surface area contributed by atoms with Crippen LogP contribution >= 0.6 is 0 Å². The van der Waals surface area contributed by atoms with Crippen molar-refractivity contribution in [1.82, 2.24) is 15.5 Å². The zero-order valence-corrected chi connectivity index (χ0v) is 11.9. The number of carbonyl (C=O) groups excluding carboxylic acids is 1. The van der Waals surface area contributed by atoms with E-state index in [9.17, 15) is 4.79 Å². The lowest BCUT2D eigenvalue weighted by Crippen LogP contribution is -2.32. The van der Waals surface area contributed by atoms with Crippen molar-refractivity contribution in [2.24, 2.45) is 0 Å². The SMILES string of the molecule is Cc1nnc(-c2cc(C3(C)CCNC3=O)ccc2C)o1. The summed E-state index contributed by atoms with van der Waals surface area (Å²) in [5.41, 5.74) is 2.46. The predicted molar refractivity (Wildman–Crippen MR) is 74.2 cm³/mol. The Hall–Kier alpha value is -2.17. The molecule has 0 spiro atoms. The maximum atomic E-state index is 12.1. The van der Waals surface area contributed by atoms with E-state index in [2.05, 4.69) is 15.5 Å². The van der Waals surface area contributed by atoms with Gasteiger partial charge in [-0.1, -0.05) is 12.1 Å². The Kier molecular flexibility index (Phi) is 2.85. The lowest BCUT2D eigenvalue weighted by atomic mass is 9.80. The summed E-state index contributed by atoms with van der Waals surface area (Å²) < 4.78 is 5.51. The van der Waals surface area contributed by atoms with Crippen LogP contribution in [0.3, 0.4) is 0 Å². The topological polar surface area (TPSA) is 68.0 Å². The first-order chi connectivity index (χ1) is 9.50.